The second-order valence-corrected chi connectivity index (χ2v) is 11.3. The van der Waals surface area contributed by atoms with Crippen LogP contribution in [0, 0.1) is 0 Å². The van der Waals surface area contributed by atoms with E-state index in [0.717, 1.165) is 32.4 Å². The number of pyridine rings is 2. The zero-order valence-electron chi connectivity index (χ0n) is 24.9. The minimum absolute atomic E-state index is 0.0165. The zero-order chi connectivity index (χ0) is 32.7. The number of nitrogens with one attached hydrogen (secondary N) is 3. The lowest BCUT2D eigenvalue weighted by Gasteiger charge is -2.27. The molecule has 1 saturated heterocycles. The molecule has 1 unspecified atom stereocenters. The van der Waals surface area contributed by atoms with Gasteiger partial charge in [0, 0.05) is 41.7 Å². The molecule has 13 heteroatoms. The van der Waals surface area contributed by atoms with E-state index >= 15 is 0 Å². The first kappa shape index (κ1) is 29.5. The lowest BCUT2D eigenvalue weighted by atomic mass is 10.0. The lowest BCUT2D eigenvalue weighted by molar-refractivity contribution is -0.136. The van der Waals surface area contributed by atoms with Crippen molar-refractivity contribution in [2.45, 2.75) is 38.5 Å². The van der Waals surface area contributed by atoms with Crippen LogP contribution in [0.5, 0.6) is 0 Å². The molecule has 1 atom stereocenters. The second-order valence-electron chi connectivity index (χ2n) is 11.3. The normalized spacial score (nSPS) is 16.0. The Kier molecular flexibility index (Phi) is 7.48. The van der Waals surface area contributed by atoms with Gasteiger partial charge in [-0.1, -0.05) is 24.3 Å². The number of hydrogen-bond acceptors (Lipinski definition) is 8. The van der Waals surface area contributed by atoms with Gasteiger partial charge < -0.3 is 15.2 Å². The number of carbonyl (C=O) groups excluding carboxylic acids is 6. The fourth-order valence-corrected chi connectivity index (χ4v) is 5.98. The van der Waals surface area contributed by atoms with Gasteiger partial charge in [0.05, 0.1) is 28.9 Å². The minimum atomic E-state index is -1.09. The molecular weight excluding hydrogens is 602 g/mol. The van der Waals surface area contributed by atoms with Gasteiger partial charge in [-0.05, 0) is 54.4 Å². The number of aromatic nitrogens is 3. The number of benzene rings is 2. The SMILES string of the molecule is O=C(Cn1c2ccccc2c2cccnc21)NCc1ccc(CNC(=O)c2ccc3c(c2)C(=O)N(C2CCC(=O)NC2=O)C3=O)nc1. The van der Waals surface area contributed by atoms with Crippen LogP contribution in [0.1, 0.15) is 55.2 Å². The van der Waals surface area contributed by atoms with Crippen LogP contribution in [0.4, 0.5) is 0 Å². The Bertz CT molecular complexity index is 2090. The largest absolute Gasteiger partial charge is 0.350 e. The fraction of sp³-hybridized carbons (Fsp3) is 0.176. The summed E-state index contributed by atoms with van der Waals surface area (Å²) in [7, 11) is 0. The predicted octanol–water partition coefficient (Wildman–Crippen LogP) is 2.23. The van der Waals surface area contributed by atoms with Crippen molar-refractivity contribution < 1.29 is 28.8 Å². The molecule has 6 amide bonds. The molecular formula is C34H27N7O6. The summed E-state index contributed by atoms with van der Waals surface area (Å²) < 4.78 is 1.90. The number of para-hydroxylation sites is 1. The van der Waals surface area contributed by atoms with Crippen molar-refractivity contribution in [2.75, 3.05) is 0 Å². The first-order chi connectivity index (χ1) is 22.8. The van der Waals surface area contributed by atoms with E-state index in [1.165, 1.54) is 18.2 Å². The zero-order valence-corrected chi connectivity index (χ0v) is 24.9. The molecule has 47 heavy (non-hydrogen) atoms. The standard InChI is InChI=1S/C34H27N7O6/c42-28-12-11-27(32(45)39-28)41-33(46)24-10-8-20(14-25(24)34(41)47)31(44)38-17-21-9-7-19(15-36-21)16-37-29(43)18-40-26-6-2-1-4-22(26)23-5-3-13-35-30(23)40/h1-10,13-15,27H,11-12,16-18H2,(H,37,43)(H,38,44)(H,39,42,45). The molecule has 2 aliphatic rings. The molecule has 2 aliphatic heterocycles. The summed E-state index contributed by atoms with van der Waals surface area (Å²) in [5, 5.41) is 9.85. The number of imide groups is 2. The monoisotopic (exact) mass is 629 g/mol. The summed E-state index contributed by atoms with van der Waals surface area (Å²) in [6.07, 6.45) is 3.39. The Morgan fingerprint density at radius 1 is 0.851 bits per heavy atom. The molecule has 0 bridgehead atoms. The maximum absolute atomic E-state index is 13.1. The lowest BCUT2D eigenvalue weighted by Crippen LogP contribution is -2.54. The number of nitrogens with zero attached hydrogens (tertiary/aromatic N) is 4. The van der Waals surface area contributed by atoms with E-state index in [2.05, 4.69) is 25.9 Å². The summed E-state index contributed by atoms with van der Waals surface area (Å²) in [6.45, 7) is 0.468. The van der Waals surface area contributed by atoms with Crippen molar-refractivity contribution in [1.82, 2.24) is 35.4 Å². The minimum Gasteiger partial charge on any atom is -0.350 e. The Morgan fingerprint density at radius 3 is 2.47 bits per heavy atom. The molecule has 2 aromatic carbocycles. The highest BCUT2D eigenvalue weighted by Crippen LogP contribution is 2.29. The molecule has 13 nitrogen and oxygen atoms in total. The first-order valence-electron chi connectivity index (χ1n) is 14.9. The third-order valence-electron chi connectivity index (χ3n) is 8.34. The Morgan fingerprint density at radius 2 is 1.66 bits per heavy atom. The number of rotatable bonds is 8. The van der Waals surface area contributed by atoms with Crippen LogP contribution in [0.3, 0.4) is 0 Å². The van der Waals surface area contributed by atoms with Gasteiger partial charge in [-0.3, -0.25) is 44.0 Å². The van der Waals surface area contributed by atoms with Crippen LogP contribution in [0.2, 0.25) is 0 Å². The van der Waals surface area contributed by atoms with Crippen molar-refractivity contribution in [1.29, 1.82) is 0 Å². The van der Waals surface area contributed by atoms with Gasteiger partial charge in [0.25, 0.3) is 17.7 Å². The summed E-state index contributed by atoms with van der Waals surface area (Å²) in [4.78, 5) is 85.3. The average Bonchev–Trinajstić information content (AvgIpc) is 3.53. The van der Waals surface area contributed by atoms with Crippen molar-refractivity contribution in [3.05, 3.63) is 107 Å². The quantitative estimate of drug-likeness (QED) is 0.219. The summed E-state index contributed by atoms with van der Waals surface area (Å²) >= 11 is 0. The van der Waals surface area contributed by atoms with Crippen LogP contribution in [-0.4, -0.2) is 60.9 Å². The van der Waals surface area contributed by atoms with Crippen LogP contribution in [0.15, 0.2) is 79.1 Å². The average molecular weight is 630 g/mol. The smallest absolute Gasteiger partial charge is 0.262 e. The molecule has 1 fully saturated rings. The van der Waals surface area contributed by atoms with Crippen molar-refractivity contribution in [2.24, 2.45) is 0 Å². The Labute approximate surface area is 267 Å². The van der Waals surface area contributed by atoms with E-state index < -0.39 is 35.6 Å². The number of piperidine rings is 1. The van der Waals surface area contributed by atoms with Crippen molar-refractivity contribution in [3.63, 3.8) is 0 Å². The van der Waals surface area contributed by atoms with E-state index in [1.807, 2.05) is 41.0 Å². The molecule has 0 aliphatic carbocycles. The molecule has 5 aromatic rings. The molecule has 3 N–H and O–H groups in total. The van der Waals surface area contributed by atoms with Gasteiger partial charge in [-0.2, -0.15) is 0 Å². The van der Waals surface area contributed by atoms with Gasteiger partial charge in [-0.25, -0.2) is 4.98 Å². The van der Waals surface area contributed by atoms with Crippen LogP contribution in [0.25, 0.3) is 21.9 Å². The Balaban J connectivity index is 0.942. The highest BCUT2D eigenvalue weighted by atomic mass is 16.2. The predicted molar refractivity (Wildman–Crippen MR) is 168 cm³/mol. The number of carbonyl (C=O) groups is 6. The van der Waals surface area contributed by atoms with E-state index in [1.54, 1.807) is 24.5 Å². The van der Waals surface area contributed by atoms with Gasteiger partial charge in [-0.15, -0.1) is 0 Å². The van der Waals surface area contributed by atoms with E-state index in [4.69, 9.17) is 0 Å². The third-order valence-corrected chi connectivity index (χ3v) is 8.34. The van der Waals surface area contributed by atoms with Crippen molar-refractivity contribution in [3.8, 4) is 0 Å². The maximum atomic E-state index is 13.1. The molecule has 234 valence electrons. The maximum Gasteiger partial charge on any atom is 0.262 e. The molecule has 0 saturated carbocycles. The highest BCUT2D eigenvalue weighted by molar-refractivity contribution is 6.24. The third kappa shape index (κ3) is 5.47. The van der Waals surface area contributed by atoms with Gasteiger partial charge in [0.2, 0.25) is 17.7 Å². The van der Waals surface area contributed by atoms with E-state index in [0.29, 0.717) is 5.69 Å². The number of fused-ring (bicyclic) bond motifs is 4. The molecule has 7 rings (SSSR count). The first-order valence-corrected chi connectivity index (χ1v) is 14.9. The van der Waals surface area contributed by atoms with Crippen molar-refractivity contribution >= 4 is 57.4 Å². The van der Waals surface area contributed by atoms with Crippen LogP contribution >= 0.6 is 0 Å². The molecule has 0 radical (unpaired) electrons. The molecule has 3 aromatic heterocycles. The van der Waals surface area contributed by atoms with E-state index in [9.17, 15) is 28.8 Å². The Hall–Kier alpha value is -6.24. The summed E-state index contributed by atoms with van der Waals surface area (Å²) in [5.41, 5.74) is 3.29. The summed E-state index contributed by atoms with van der Waals surface area (Å²) in [6, 6.07) is 18.3. The molecule has 0 spiro atoms. The molecule has 5 heterocycles. The summed E-state index contributed by atoms with van der Waals surface area (Å²) in [5.74, 6) is -3.15. The van der Waals surface area contributed by atoms with Gasteiger partial charge >= 0.3 is 0 Å². The topological polar surface area (TPSA) is 172 Å². The van der Waals surface area contributed by atoms with E-state index in [-0.39, 0.29) is 55.1 Å². The number of amides is 6. The number of hydrogen-bond donors (Lipinski definition) is 3. The van der Waals surface area contributed by atoms with Crippen LogP contribution in [-0.2, 0) is 34.0 Å². The second kappa shape index (κ2) is 11.9. The highest BCUT2D eigenvalue weighted by Gasteiger charge is 2.44. The van der Waals surface area contributed by atoms with Gasteiger partial charge in [0.15, 0.2) is 0 Å². The fourth-order valence-electron chi connectivity index (χ4n) is 5.98. The van der Waals surface area contributed by atoms with Gasteiger partial charge in [0.1, 0.15) is 18.2 Å². The van der Waals surface area contributed by atoms with Crippen LogP contribution < -0.4 is 16.0 Å².